The van der Waals surface area contributed by atoms with Crippen LogP contribution in [-0.4, -0.2) is 4.98 Å². The van der Waals surface area contributed by atoms with Crippen LogP contribution < -0.4 is 11.5 Å². The van der Waals surface area contributed by atoms with Crippen molar-refractivity contribution in [1.82, 2.24) is 4.98 Å². The Morgan fingerprint density at radius 3 is 2.75 bits per heavy atom. The number of benzene rings is 2. The molecule has 0 bridgehead atoms. The molecule has 0 amide bonds. The molecule has 0 aliphatic heterocycles. The van der Waals surface area contributed by atoms with E-state index in [0.717, 1.165) is 21.2 Å². The zero-order valence-electron chi connectivity index (χ0n) is 10.4. The number of H-pyrrole nitrogens is 1. The van der Waals surface area contributed by atoms with Crippen molar-refractivity contribution in [3.63, 3.8) is 0 Å². The van der Waals surface area contributed by atoms with Crippen LogP contribution in [0.2, 0.25) is 5.02 Å². The Morgan fingerprint density at radius 1 is 1.25 bits per heavy atom. The number of fused-ring (bicyclic) bond motifs is 1. The molecule has 0 radical (unpaired) electrons. The van der Waals surface area contributed by atoms with Crippen LogP contribution >= 0.6 is 23.4 Å². The number of aromatic nitrogens is 1. The van der Waals surface area contributed by atoms with E-state index < -0.39 is 5.76 Å². The molecule has 0 aliphatic rings. The van der Waals surface area contributed by atoms with Crippen molar-refractivity contribution in [2.24, 2.45) is 0 Å². The molecule has 4 nitrogen and oxygen atoms in total. The minimum atomic E-state index is -0.473. The first-order valence-electron chi connectivity index (χ1n) is 5.91. The standard InChI is InChI=1S/C14H11ClN2O2S/c15-9-3-1-8(2-4-9)7-20-13-6-11-12(5-10(13)16)19-14(18)17-11/h1-6H,7,16H2,(H,17,18). The van der Waals surface area contributed by atoms with E-state index in [-0.39, 0.29) is 0 Å². The number of nitrogens with one attached hydrogen (secondary N) is 1. The van der Waals surface area contributed by atoms with Gasteiger partial charge in [0.05, 0.1) is 5.52 Å². The lowest BCUT2D eigenvalue weighted by molar-refractivity contribution is 0.555. The van der Waals surface area contributed by atoms with Gasteiger partial charge in [-0.25, -0.2) is 4.79 Å². The maximum absolute atomic E-state index is 11.1. The lowest BCUT2D eigenvalue weighted by Gasteiger charge is -2.05. The molecule has 3 N–H and O–H groups in total. The number of nitrogens with two attached hydrogens (primary N) is 1. The van der Waals surface area contributed by atoms with Crippen molar-refractivity contribution in [2.45, 2.75) is 10.6 Å². The van der Waals surface area contributed by atoms with Gasteiger partial charge in [0.1, 0.15) is 0 Å². The number of nitrogen functional groups attached to an aromatic ring is 1. The van der Waals surface area contributed by atoms with Gasteiger partial charge in [0, 0.05) is 27.4 Å². The van der Waals surface area contributed by atoms with Gasteiger partial charge < -0.3 is 10.2 Å². The normalized spacial score (nSPS) is 11.1. The highest BCUT2D eigenvalue weighted by molar-refractivity contribution is 7.98. The molecule has 2 aromatic carbocycles. The molecule has 6 heteroatoms. The van der Waals surface area contributed by atoms with E-state index in [1.54, 1.807) is 17.8 Å². The van der Waals surface area contributed by atoms with Gasteiger partial charge in [0.25, 0.3) is 0 Å². The van der Waals surface area contributed by atoms with Crippen molar-refractivity contribution >= 4 is 40.1 Å². The maximum Gasteiger partial charge on any atom is 0.417 e. The van der Waals surface area contributed by atoms with Gasteiger partial charge in [-0.15, -0.1) is 11.8 Å². The van der Waals surface area contributed by atoms with Crippen LogP contribution in [0.1, 0.15) is 5.56 Å². The highest BCUT2D eigenvalue weighted by atomic mass is 35.5. The van der Waals surface area contributed by atoms with Crippen LogP contribution in [0.5, 0.6) is 0 Å². The van der Waals surface area contributed by atoms with E-state index in [0.29, 0.717) is 16.8 Å². The fraction of sp³-hybridized carbons (Fsp3) is 0.0714. The predicted molar refractivity (Wildman–Crippen MR) is 82.3 cm³/mol. The van der Waals surface area contributed by atoms with Crippen LogP contribution in [0.15, 0.2) is 50.5 Å². The highest BCUT2D eigenvalue weighted by Gasteiger charge is 2.07. The molecule has 3 rings (SSSR count). The van der Waals surface area contributed by atoms with Crippen LogP contribution in [-0.2, 0) is 5.75 Å². The minimum absolute atomic E-state index is 0.473. The Balaban J connectivity index is 1.84. The summed E-state index contributed by atoms with van der Waals surface area (Å²) in [6, 6.07) is 11.2. The summed E-state index contributed by atoms with van der Waals surface area (Å²) in [7, 11) is 0. The molecule has 1 aromatic heterocycles. The summed E-state index contributed by atoms with van der Waals surface area (Å²) in [4.78, 5) is 14.7. The zero-order chi connectivity index (χ0) is 14.1. The molecule has 1 heterocycles. The molecule has 0 aliphatic carbocycles. The second-order valence-corrected chi connectivity index (χ2v) is 5.77. The van der Waals surface area contributed by atoms with Crippen molar-refractivity contribution in [3.8, 4) is 0 Å². The third kappa shape index (κ3) is 2.69. The van der Waals surface area contributed by atoms with E-state index in [9.17, 15) is 4.79 Å². The first kappa shape index (κ1) is 13.1. The average molecular weight is 307 g/mol. The van der Waals surface area contributed by atoms with Crippen LogP contribution in [0.4, 0.5) is 5.69 Å². The summed E-state index contributed by atoms with van der Waals surface area (Å²) >= 11 is 7.45. The largest absolute Gasteiger partial charge is 0.417 e. The zero-order valence-corrected chi connectivity index (χ0v) is 11.9. The van der Waals surface area contributed by atoms with E-state index in [4.69, 9.17) is 21.8 Å². The number of anilines is 1. The predicted octanol–water partition coefficient (Wildman–Crippen LogP) is 3.65. The lowest BCUT2D eigenvalue weighted by atomic mass is 10.2. The molecule has 0 saturated carbocycles. The number of hydrogen-bond donors (Lipinski definition) is 2. The molecule has 3 aromatic rings. The summed E-state index contributed by atoms with van der Waals surface area (Å²) in [6.07, 6.45) is 0. The fourth-order valence-electron chi connectivity index (χ4n) is 1.86. The van der Waals surface area contributed by atoms with Gasteiger partial charge >= 0.3 is 5.76 Å². The summed E-state index contributed by atoms with van der Waals surface area (Å²) < 4.78 is 4.96. The summed E-state index contributed by atoms with van der Waals surface area (Å²) in [6.45, 7) is 0. The molecule has 0 unspecified atom stereocenters. The van der Waals surface area contributed by atoms with Crippen molar-refractivity contribution in [3.05, 3.63) is 57.5 Å². The van der Waals surface area contributed by atoms with E-state index in [2.05, 4.69) is 4.98 Å². The third-order valence-electron chi connectivity index (χ3n) is 2.86. The summed E-state index contributed by atoms with van der Waals surface area (Å²) in [5.74, 6) is 0.300. The lowest BCUT2D eigenvalue weighted by Crippen LogP contribution is -1.93. The van der Waals surface area contributed by atoms with Gasteiger partial charge in [-0.1, -0.05) is 23.7 Å². The van der Waals surface area contributed by atoms with Gasteiger partial charge in [0.2, 0.25) is 0 Å². The van der Waals surface area contributed by atoms with Gasteiger partial charge in [-0.3, -0.25) is 4.98 Å². The number of thioether (sulfide) groups is 1. The van der Waals surface area contributed by atoms with Crippen molar-refractivity contribution < 1.29 is 4.42 Å². The summed E-state index contributed by atoms with van der Waals surface area (Å²) in [5.41, 5.74) is 8.85. The third-order valence-corrected chi connectivity index (χ3v) is 4.25. The van der Waals surface area contributed by atoms with Crippen LogP contribution in [0.25, 0.3) is 11.1 Å². The Morgan fingerprint density at radius 2 is 2.00 bits per heavy atom. The Bertz CT molecular complexity index is 808. The number of aromatic amines is 1. The number of oxazole rings is 1. The number of hydrogen-bond acceptors (Lipinski definition) is 4. The maximum atomic E-state index is 11.1. The smallest absolute Gasteiger partial charge is 0.408 e. The molecule has 0 atom stereocenters. The Kier molecular flexibility index (Phi) is 3.46. The first-order valence-corrected chi connectivity index (χ1v) is 7.28. The summed E-state index contributed by atoms with van der Waals surface area (Å²) in [5, 5.41) is 0.718. The van der Waals surface area contributed by atoms with Crippen molar-refractivity contribution in [2.75, 3.05) is 5.73 Å². The van der Waals surface area contributed by atoms with Gasteiger partial charge in [-0.05, 0) is 23.8 Å². The number of rotatable bonds is 3. The number of halogens is 1. The van der Waals surface area contributed by atoms with Crippen molar-refractivity contribution in [1.29, 1.82) is 0 Å². The molecule has 0 fully saturated rings. The molecule has 0 spiro atoms. The highest BCUT2D eigenvalue weighted by Crippen LogP contribution is 2.31. The molecule has 0 saturated heterocycles. The fourth-order valence-corrected chi connectivity index (χ4v) is 2.93. The topological polar surface area (TPSA) is 72.0 Å². The average Bonchev–Trinajstić information content (AvgIpc) is 2.77. The van der Waals surface area contributed by atoms with Crippen LogP contribution in [0.3, 0.4) is 0 Å². The first-order chi connectivity index (χ1) is 9.61. The second kappa shape index (κ2) is 5.26. The van der Waals surface area contributed by atoms with E-state index in [1.807, 2.05) is 30.3 Å². The van der Waals surface area contributed by atoms with E-state index in [1.165, 1.54) is 0 Å². The quantitative estimate of drug-likeness (QED) is 0.572. The Hall–Kier alpha value is -1.85. The van der Waals surface area contributed by atoms with Gasteiger partial charge in [-0.2, -0.15) is 0 Å². The Labute approximate surface area is 123 Å². The second-order valence-electron chi connectivity index (χ2n) is 4.32. The molecule has 102 valence electrons. The SMILES string of the molecule is Nc1cc2oc(=O)[nH]c2cc1SCc1ccc(Cl)cc1. The monoisotopic (exact) mass is 306 g/mol. The molecule has 20 heavy (non-hydrogen) atoms. The molecular weight excluding hydrogens is 296 g/mol. The van der Waals surface area contributed by atoms with Gasteiger partial charge in [0.15, 0.2) is 5.58 Å². The minimum Gasteiger partial charge on any atom is -0.408 e. The van der Waals surface area contributed by atoms with Crippen LogP contribution in [0, 0.1) is 0 Å². The van der Waals surface area contributed by atoms with E-state index >= 15 is 0 Å². The molecular formula is C14H11ClN2O2S.